The summed E-state index contributed by atoms with van der Waals surface area (Å²) in [6.07, 6.45) is 1.68. The number of nitrogens with zero attached hydrogens (tertiary/aromatic N) is 3. The van der Waals surface area contributed by atoms with E-state index in [9.17, 15) is 21.6 Å². The van der Waals surface area contributed by atoms with Crippen LogP contribution in [0.2, 0.25) is 0 Å². The number of aromatic nitrogens is 1. The monoisotopic (exact) mass is 522 g/mol. The molecule has 1 aliphatic rings. The van der Waals surface area contributed by atoms with Gasteiger partial charge in [0, 0.05) is 32.7 Å². The zero-order valence-corrected chi connectivity index (χ0v) is 21.5. The maximum absolute atomic E-state index is 12.9. The first-order valence-electron chi connectivity index (χ1n) is 10.7. The minimum atomic E-state index is -3.59. The van der Waals surface area contributed by atoms with Gasteiger partial charge in [-0.2, -0.15) is 4.31 Å². The van der Waals surface area contributed by atoms with Crippen LogP contribution in [0.25, 0.3) is 10.2 Å². The smallest absolute Gasteiger partial charge is 0.257 e. The van der Waals surface area contributed by atoms with Crippen molar-refractivity contribution in [2.24, 2.45) is 5.92 Å². The first kappa shape index (κ1) is 24.7. The van der Waals surface area contributed by atoms with Crippen LogP contribution in [0.1, 0.15) is 30.1 Å². The Hall–Kier alpha value is -2.38. The number of thiazole rings is 1. The van der Waals surface area contributed by atoms with Crippen molar-refractivity contribution in [1.82, 2.24) is 13.6 Å². The van der Waals surface area contributed by atoms with Gasteiger partial charge in [-0.3, -0.25) is 10.1 Å². The number of nitrogens with one attached hydrogen (secondary N) is 1. The molecule has 0 bridgehead atoms. The molecule has 9 nitrogen and oxygen atoms in total. The fourth-order valence-electron chi connectivity index (χ4n) is 3.65. The minimum Gasteiger partial charge on any atom is -0.298 e. The van der Waals surface area contributed by atoms with Gasteiger partial charge in [-0.15, -0.1) is 0 Å². The highest BCUT2D eigenvalue weighted by molar-refractivity contribution is 7.89. The van der Waals surface area contributed by atoms with Crippen LogP contribution in [-0.2, 0) is 20.0 Å². The molecule has 0 atom stereocenters. The normalized spacial score (nSPS) is 16.2. The van der Waals surface area contributed by atoms with Gasteiger partial charge in [0.05, 0.1) is 20.0 Å². The average Bonchev–Trinajstić information content (AvgIpc) is 3.20. The van der Waals surface area contributed by atoms with Crippen molar-refractivity contribution in [1.29, 1.82) is 0 Å². The average molecular weight is 523 g/mol. The van der Waals surface area contributed by atoms with Crippen molar-refractivity contribution in [2.45, 2.75) is 29.6 Å². The molecule has 0 unspecified atom stereocenters. The Kier molecular flexibility index (Phi) is 6.80. The number of anilines is 1. The van der Waals surface area contributed by atoms with Crippen LogP contribution in [0.4, 0.5) is 5.13 Å². The molecule has 0 spiro atoms. The molecule has 34 heavy (non-hydrogen) atoms. The number of rotatable bonds is 6. The Morgan fingerprint density at radius 1 is 1.03 bits per heavy atom. The van der Waals surface area contributed by atoms with Gasteiger partial charge >= 0.3 is 0 Å². The maximum atomic E-state index is 12.9. The summed E-state index contributed by atoms with van der Waals surface area (Å²) < 4.78 is 53.7. The van der Waals surface area contributed by atoms with Gasteiger partial charge in [-0.05, 0) is 61.2 Å². The molecule has 0 saturated carbocycles. The molecule has 2 heterocycles. The molecule has 1 aliphatic heterocycles. The van der Waals surface area contributed by atoms with Crippen LogP contribution in [-0.4, -0.2) is 63.5 Å². The third-order valence-corrected chi connectivity index (χ3v) is 10.5. The number of sulfonamides is 2. The number of benzene rings is 2. The van der Waals surface area contributed by atoms with E-state index in [4.69, 9.17) is 0 Å². The van der Waals surface area contributed by atoms with E-state index in [0.29, 0.717) is 39.9 Å². The van der Waals surface area contributed by atoms with E-state index in [1.807, 2.05) is 0 Å². The quantitative estimate of drug-likeness (QED) is 0.531. The predicted octanol–water partition coefficient (Wildman–Crippen LogP) is 3.22. The number of piperidine rings is 1. The van der Waals surface area contributed by atoms with Crippen molar-refractivity contribution in [3.63, 3.8) is 0 Å². The third kappa shape index (κ3) is 4.86. The summed E-state index contributed by atoms with van der Waals surface area (Å²) in [6, 6.07) is 10.4. The highest BCUT2D eigenvalue weighted by Gasteiger charge is 2.28. The summed E-state index contributed by atoms with van der Waals surface area (Å²) in [7, 11) is -4.25. The summed E-state index contributed by atoms with van der Waals surface area (Å²) in [5, 5.41) is 3.02. The predicted molar refractivity (Wildman–Crippen MR) is 132 cm³/mol. The highest BCUT2D eigenvalue weighted by Crippen LogP contribution is 2.29. The molecular formula is C22H26N4O5S3. The van der Waals surface area contributed by atoms with Gasteiger partial charge in [-0.1, -0.05) is 18.3 Å². The van der Waals surface area contributed by atoms with E-state index in [2.05, 4.69) is 17.2 Å². The molecule has 0 radical (unpaired) electrons. The molecule has 182 valence electrons. The first-order valence-corrected chi connectivity index (χ1v) is 14.4. The Labute approximate surface area is 203 Å². The van der Waals surface area contributed by atoms with E-state index in [1.54, 1.807) is 6.07 Å². The first-order chi connectivity index (χ1) is 16.0. The molecular weight excluding hydrogens is 496 g/mol. The van der Waals surface area contributed by atoms with E-state index in [0.717, 1.165) is 28.5 Å². The van der Waals surface area contributed by atoms with Crippen LogP contribution in [0.5, 0.6) is 0 Å². The molecule has 12 heteroatoms. The number of carbonyl (C=O) groups excluding carboxylic acids is 1. The van der Waals surface area contributed by atoms with Crippen molar-refractivity contribution in [3.8, 4) is 0 Å². The van der Waals surface area contributed by atoms with Gasteiger partial charge in [0.25, 0.3) is 5.91 Å². The van der Waals surface area contributed by atoms with Crippen molar-refractivity contribution in [3.05, 3.63) is 48.0 Å². The zero-order chi connectivity index (χ0) is 24.7. The van der Waals surface area contributed by atoms with E-state index >= 15 is 0 Å². The van der Waals surface area contributed by atoms with Crippen LogP contribution in [0, 0.1) is 5.92 Å². The Morgan fingerprint density at radius 3 is 2.26 bits per heavy atom. The Bertz CT molecular complexity index is 1420. The topological polar surface area (TPSA) is 117 Å². The molecule has 0 aliphatic carbocycles. The summed E-state index contributed by atoms with van der Waals surface area (Å²) >= 11 is 1.16. The van der Waals surface area contributed by atoms with Gasteiger partial charge in [0.2, 0.25) is 20.0 Å². The van der Waals surface area contributed by atoms with Crippen LogP contribution >= 0.6 is 11.3 Å². The van der Waals surface area contributed by atoms with Gasteiger partial charge in [-0.25, -0.2) is 26.1 Å². The number of carbonyl (C=O) groups is 1. The summed E-state index contributed by atoms with van der Waals surface area (Å²) in [5.74, 6) is 0.0833. The lowest BCUT2D eigenvalue weighted by Crippen LogP contribution is -2.37. The molecule has 3 aromatic rings. The van der Waals surface area contributed by atoms with Crippen LogP contribution < -0.4 is 5.32 Å². The number of hydrogen-bond donors (Lipinski definition) is 1. The largest absolute Gasteiger partial charge is 0.298 e. The Balaban J connectivity index is 1.49. The second-order valence-electron chi connectivity index (χ2n) is 8.50. The van der Waals surface area contributed by atoms with Gasteiger partial charge in [0.15, 0.2) is 5.13 Å². The van der Waals surface area contributed by atoms with E-state index in [1.165, 1.54) is 54.8 Å². The fourth-order valence-corrected chi connectivity index (χ4v) is 7.02. The molecule has 2 aromatic carbocycles. The lowest BCUT2D eigenvalue weighted by molar-refractivity contribution is 0.102. The molecule has 1 fully saturated rings. The van der Waals surface area contributed by atoms with E-state index in [-0.39, 0.29) is 9.79 Å². The number of fused-ring (bicyclic) bond motifs is 1. The summed E-state index contributed by atoms with van der Waals surface area (Å²) in [6.45, 7) is 3.12. The van der Waals surface area contributed by atoms with Crippen LogP contribution in [0.15, 0.2) is 52.3 Å². The molecule has 1 N–H and O–H groups in total. The lowest BCUT2D eigenvalue weighted by atomic mass is 10.0. The third-order valence-electron chi connectivity index (χ3n) is 5.86. The minimum absolute atomic E-state index is 0.145. The molecule has 1 saturated heterocycles. The van der Waals surface area contributed by atoms with Gasteiger partial charge < -0.3 is 0 Å². The van der Waals surface area contributed by atoms with Crippen molar-refractivity contribution < 1.29 is 21.6 Å². The zero-order valence-electron chi connectivity index (χ0n) is 19.1. The summed E-state index contributed by atoms with van der Waals surface area (Å²) in [5.41, 5.74) is 0.858. The Morgan fingerprint density at radius 2 is 1.65 bits per heavy atom. The second-order valence-corrected chi connectivity index (χ2v) is 13.6. The standard InChI is InChI=1S/C22H26N4O5S3/c1-15-10-12-26(13-11-15)34(30,31)17-6-4-16(5-7-17)21(27)24-22-23-19-9-8-18(14-20(19)32-22)33(28,29)25(2)3/h4-9,14-15H,10-13H2,1-3H3,(H,23,24,27). The maximum Gasteiger partial charge on any atom is 0.257 e. The SMILES string of the molecule is CC1CCN(S(=O)(=O)c2ccc(C(=O)Nc3nc4ccc(S(=O)(=O)N(C)C)cc4s3)cc2)CC1. The number of amides is 1. The van der Waals surface area contributed by atoms with Crippen LogP contribution in [0.3, 0.4) is 0 Å². The molecule has 1 amide bonds. The molecule has 1 aromatic heterocycles. The fraction of sp³-hybridized carbons (Fsp3) is 0.364. The van der Waals surface area contributed by atoms with Crippen molar-refractivity contribution in [2.75, 3.05) is 32.5 Å². The number of hydrogen-bond acceptors (Lipinski definition) is 7. The summed E-state index contributed by atoms with van der Waals surface area (Å²) in [4.78, 5) is 17.3. The van der Waals surface area contributed by atoms with E-state index < -0.39 is 26.0 Å². The molecule has 4 rings (SSSR count). The van der Waals surface area contributed by atoms with Gasteiger partial charge in [0.1, 0.15) is 0 Å². The second kappa shape index (κ2) is 9.34. The van der Waals surface area contributed by atoms with Crippen molar-refractivity contribution >= 4 is 52.6 Å². The highest BCUT2D eigenvalue weighted by atomic mass is 32.2. The lowest BCUT2D eigenvalue weighted by Gasteiger charge is -2.29.